The first-order valence-electron chi connectivity index (χ1n) is 4.95. The predicted octanol–water partition coefficient (Wildman–Crippen LogP) is 3.89. The smallest absolute Gasteiger partial charge is 0.260 e. The Labute approximate surface area is 116 Å². The van der Waals surface area contributed by atoms with E-state index in [1.807, 2.05) is 0 Å². The molecule has 92 valence electrons. The Morgan fingerprint density at radius 3 is 2.83 bits per heavy atom. The van der Waals surface area contributed by atoms with E-state index in [0.29, 0.717) is 15.2 Å². The minimum Gasteiger partial charge on any atom is -0.322 e. The number of aromatic nitrogens is 1. The molecule has 0 bridgehead atoms. The Hall–Kier alpha value is -1.46. The number of hydrogen-bond acceptors (Lipinski definition) is 2. The summed E-state index contributed by atoms with van der Waals surface area (Å²) >= 11 is 9.07. The van der Waals surface area contributed by atoms with Crippen LogP contribution < -0.4 is 5.32 Å². The van der Waals surface area contributed by atoms with E-state index in [4.69, 9.17) is 11.6 Å². The van der Waals surface area contributed by atoms with Crippen molar-refractivity contribution in [3.8, 4) is 0 Å². The van der Waals surface area contributed by atoms with Gasteiger partial charge in [0, 0.05) is 16.4 Å². The number of halogens is 3. The molecule has 0 saturated carbocycles. The van der Waals surface area contributed by atoms with Crippen LogP contribution in [0.5, 0.6) is 0 Å². The zero-order valence-corrected chi connectivity index (χ0v) is 11.3. The Morgan fingerprint density at radius 1 is 1.39 bits per heavy atom. The maximum Gasteiger partial charge on any atom is 0.260 e. The Balaban J connectivity index is 2.22. The van der Waals surface area contributed by atoms with Gasteiger partial charge in [-0.2, -0.15) is 4.39 Å². The highest BCUT2D eigenvalue weighted by atomic mass is 79.9. The molecular weight excluding hydrogens is 322 g/mol. The predicted molar refractivity (Wildman–Crippen MR) is 71.3 cm³/mol. The maximum atomic E-state index is 13.3. The van der Waals surface area contributed by atoms with Crippen molar-refractivity contribution in [2.45, 2.75) is 0 Å². The number of pyridine rings is 1. The summed E-state index contributed by atoms with van der Waals surface area (Å²) in [6.07, 6.45) is 1.28. The molecule has 0 fully saturated rings. The minimum atomic E-state index is -0.803. The largest absolute Gasteiger partial charge is 0.322 e. The molecule has 0 saturated heterocycles. The van der Waals surface area contributed by atoms with E-state index in [-0.39, 0.29) is 5.56 Å². The number of rotatable bonds is 2. The van der Waals surface area contributed by atoms with Gasteiger partial charge in [0.05, 0.1) is 10.6 Å². The number of anilines is 1. The summed E-state index contributed by atoms with van der Waals surface area (Å²) in [6, 6.07) is 7.74. The zero-order valence-electron chi connectivity index (χ0n) is 8.95. The molecule has 1 aromatic heterocycles. The highest BCUT2D eigenvalue weighted by molar-refractivity contribution is 9.10. The van der Waals surface area contributed by atoms with Gasteiger partial charge in [-0.15, -0.1) is 0 Å². The van der Waals surface area contributed by atoms with Crippen LogP contribution in [0, 0.1) is 5.95 Å². The fourth-order valence-electron chi connectivity index (χ4n) is 1.33. The van der Waals surface area contributed by atoms with Gasteiger partial charge >= 0.3 is 0 Å². The fourth-order valence-corrected chi connectivity index (χ4v) is 1.82. The Morgan fingerprint density at radius 2 is 2.17 bits per heavy atom. The third kappa shape index (κ3) is 2.86. The van der Waals surface area contributed by atoms with E-state index in [0.717, 1.165) is 0 Å². The average Bonchev–Trinajstić information content (AvgIpc) is 2.34. The summed E-state index contributed by atoms with van der Waals surface area (Å²) in [5, 5.41) is 3.09. The lowest BCUT2D eigenvalue weighted by Crippen LogP contribution is -2.14. The van der Waals surface area contributed by atoms with E-state index < -0.39 is 11.9 Å². The molecular formula is C12H7BrClFN2O. The van der Waals surface area contributed by atoms with E-state index in [2.05, 4.69) is 26.2 Å². The standard InChI is InChI=1S/C12H7BrClFN2O/c13-9-6-7(3-4-10(9)14)17-12(18)8-2-1-5-16-11(8)15/h1-6H,(H,17,18). The normalized spacial score (nSPS) is 10.2. The molecule has 1 aromatic carbocycles. The van der Waals surface area contributed by atoms with E-state index in [1.165, 1.54) is 18.3 Å². The van der Waals surface area contributed by atoms with Crippen molar-refractivity contribution in [2.75, 3.05) is 5.32 Å². The monoisotopic (exact) mass is 328 g/mol. The first kappa shape index (κ1) is 13.0. The molecule has 0 spiro atoms. The molecule has 0 aliphatic heterocycles. The van der Waals surface area contributed by atoms with Crippen LogP contribution in [0.2, 0.25) is 5.02 Å². The topological polar surface area (TPSA) is 42.0 Å². The third-order valence-corrected chi connectivity index (χ3v) is 3.40. The molecule has 0 unspecified atom stereocenters. The highest BCUT2D eigenvalue weighted by Crippen LogP contribution is 2.25. The van der Waals surface area contributed by atoms with Crippen LogP contribution in [-0.2, 0) is 0 Å². The number of nitrogens with one attached hydrogen (secondary N) is 1. The molecule has 18 heavy (non-hydrogen) atoms. The first-order chi connectivity index (χ1) is 8.58. The van der Waals surface area contributed by atoms with Crippen molar-refractivity contribution >= 4 is 39.1 Å². The molecule has 1 heterocycles. The number of nitrogens with zero attached hydrogens (tertiary/aromatic N) is 1. The molecule has 0 aliphatic carbocycles. The van der Waals surface area contributed by atoms with Gasteiger partial charge in [-0.3, -0.25) is 4.79 Å². The van der Waals surface area contributed by atoms with Crippen molar-refractivity contribution in [2.24, 2.45) is 0 Å². The molecule has 3 nitrogen and oxygen atoms in total. The Kier molecular flexibility index (Phi) is 3.93. The van der Waals surface area contributed by atoms with Gasteiger partial charge < -0.3 is 5.32 Å². The molecule has 2 aromatic rings. The van der Waals surface area contributed by atoms with Crippen LogP contribution in [0.3, 0.4) is 0 Å². The number of hydrogen-bond donors (Lipinski definition) is 1. The number of amides is 1. The van der Waals surface area contributed by atoms with Crippen molar-refractivity contribution in [1.82, 2.24) is 4.98 Å². The summed E-state index contributed by atoms with van der Waals surface area (Å²) in [5.74, 6) is -1.36. The first-order valence-corrected chi connectivity index (χ1v) is 6.12. The van der Waals surface area contributed by atoms with Crippen LogP contribution in [0.15, 0.2) is 41.0 Å². The van der Waals surface area contributed by atoms with Gasteiger partial charge in [0.1, 0.15) is 0 Å². The average molecular weight is 330 g/mol. The van der Waals surface area contributed by atoms with Crippen molar-refractivity contribution in [3.05, 3.63) is 57.5 Å². The van der Waals surface area contributed by atoms with Crippen molar-refractivity contribution < 1.29 is 9.18 Å². The number of carbonyl (C=O) groups is 1. The second kappa shape index (κ2) is 5.46. The summed E-state index contributed by atoms with van der Waals surface area (Å²) in [7, 11) is 0. The van der Waals surface area contributed by atoms with Crippen LogP contribution in [0.1, 0.15) is 10.4 Å². The van der Waals surface area contributed by atoms with Crippen LogP contribution in [0.25, 0.3) is 0 Å². The molecule has 1 amide bonds. The van der Waals surface area contributed by atoms with E-state index >= 15 is 0 Å². The quantitative estimate of drug-likeness (QED) is 0.849. The van der Waals surface area contributed by atoms with Crippen LogP contribution >= 0.6 is 27.5 Å². The number of benzene rings is 1. The summed E-state index contributed by atoms with van der Waals surface area (Å²) in [5.41, 5.74) is 0.406. The van der Waals surface area contributed by atoms with Crippen molar-refractivity contribution in [1.29, 1.82) is 0 Å². The number of carbonyl (C=O) groups excluding carboxylic acids is 1. The van der Waals surface area contributed by atoms with E-state index in [1.54, 1.807) is 18.2 Å². The molecule has 0 radical (unpaired) electrons. The fraction of sp³-hybridized carbons (Fsp3) is 0. The molecule has 1 N–H and O–H groups in total. The summed E-state index contributed by atoms with van der Waals surface area (Å²) in [4.78, 5) is 15.2. The van der Waals surface area contributed by atoms with Gasteiger partial charge in [0.2, 0.25) is 5.95 Å². The SMILES string of the molecule is O=C(Nc1ccc(Cl)c(Br)c1)c1cccnc1F. The van der Waals surface area contributed by atoms with Gasteiger partial charge in [0.15, 0.2) is 0 Å². The third-order valence-electron chi connectivity index (χ3n) is 2.18. The molecule has 6 heteroatoms. The second-order valence-electron chi connectivity index (χ2n) is 3.42. The van der Waals surface area contributed by atoms with Gasteiger partial charge in [-0.1, -0.05) is 11.6 Å². The van der Waals surface area contributed by atoms with Gasteiger partial charge in [-0.25, -0.2) is 4.98 Å². The summed E-state index contributed by atoms with van der Waals surface area (Å²) in [6.45, 7) is 0. The maximum absolute atomic E-state index is 13.3. The van der Waals surface area contributed by atoms with Gasteiger partial charge in [-0.05, 0) is 46.3 Å². The molecule has 0 aliphatic rings. The molecule has 2 rings (SSSR count). The van der Waals surface area contributed by atoms with Crippen LogP contribution in [-0.4, -0.2) is 10.9 Å². The lowest BCUT2D eigenvalue weighted by molar-refractivity contribution is 0.102. The second-order valence-corrected chi connectivity index (χ2v) is 4.69. The highest BCUT2D eigenvalue weighted by Gasteiger charge is 2.12. The van der Waals surface area contributed by atoms with E-state index in [9.17, 15) is 9.18 Å². The molecule has 0 atom stereocenters. The minimum absolute atomic E-state index is 0.108. The summed E-state index contributed by atoms with van der Waals surface area (Å²) < 4.78 is 13.9. The lowest BCUT2D eigenvalue weighted by atomic mass is 10.2. The zero-order chi connectivity index (χ0) is 13.1. The Bertz CT molecular complexity index is 606. The van der Waals surface area contributed by atoms with Gasteiger partial charge in [0.25, 0.3) is 5.91 Å². The lowest BCUT2D eigenvalue weighted by Gasteiger charge is -2.06. The van der Waals surface area contributed by atoms with Crippen molar-refractivity contribution in [3.63, 3.8) is 0 Å². The van der Waals surface area contributed by atoms with Crippen LogP contribution in [0.4, 0.5) is 10.1 Å².